The minimum Gasteiger partial charge on any atom is -0.381 e. The molecule has 2 N–H and O–H groups in total. The van der Waals surface area contributed by atoms with Crippen molar-refractivity contribution in [1.29, 1.82) is 0 Å². The van der Waals surface area contributed by atoms with Crippen molar-refractivity contribution in [3.8, 4) is 0 Å². The third kappa shape index (κ3) is 5.83. The van der Waals surface area contributed by atoms with Gasteiger partial charge in [-0.3, -0.25) is 9.89 Å². The highest BCUT2D eigenvalue weighted by molar-refractivity contribution is 5.79. The van der Waals surface area contributed by atoms with Gasteiger partial charge in [-0.05, 0) is 73.6 Å². The Labute approximate surface area is 160 Å². The van der Waals surface area contributed by atoms with Gasteiger partial charge in [0.1, 0.15) is 0 Å². The third-order valence-electron chi connectivity index (χ3n) is 6.14. The first-order valence-corrected chi connectivity index (χ1v) is 10.4. The molecule has 0 saturated carbocycles. The monoisotopic (exact) mass is 367 g/mol. The molecule has 0 radical (unpaired) electrons. The standard InChI is InChI=1S/C20H41N5O/c1-6-21-18(22-16-19(2,3)25-12-8-7-9-13-25)23-17-20(24(4)5)10-14-26-15-11-20/h6-17H2,1-5H3,(H2,21,22,23). The summed E-state index contributed by atoms with van der Waals surface area (Å²) in [5.74, 6) is 0.935. The van der Waals surface area contributed by atoms with E-state index in [2.05, 4.69) is 55.3 Å². The molecule has 0 atom stereocenters. The fourth-order valence-corrected chi connectivity index (χ4v) is 4.00. The number of nitrogens with one attached hydrogen (secondary N) is 2. The van der Waals surface area contributed by atoms with E-state index in [1.807, 2.05) is 0 Å². The lowest BCUT2D eigenvalue weighted by Gasteiger charge is -2.43. The smallest absolute Gasteiger partial charge is 0.191 e. The molecule has 0 spiro atoms. The summed E-state index contributed by atoms with van der Waals surface area (Å²) < 4.78 is 5.58. The molecule has 0 aromatic carbocycles. The molecule has 0 amide bonds. The number of likely N-dealkylation sites (N-methyl/N-ethyl adjacent to an activating group) is 1. The molecule has 2 saturated heterocycles. The zero-order valence-electron chi connectivity index (χ0n) is 17.7. The minimum absolute atomic E-state index is 0.112. The van der Waals surface area contributed by atoms with Gasteiger partial charge in [-0.25, -0.2) is 0 Å². The molecule has 6 nitrogen and oxygen atoms in total. The summed E-state index contributed by atoms with van der Waals surface area (Å²) in [7, 11) is 4.35. The van der Waals surface area contributed by atoms with Gasteiger partial charge in [0, 0.05) is 37.4 Å². The maximum atomic E-state index is 5.58. The second-order valence-corrected chi connectivity index (χ2v) is 8.64. The average molecular weight is 368 g/mol. The van der Waals surface area contributed by atoms with Crippen molar-refractivity contribution in [2.75, 3.05) is 60.0 Å². The summed E-state index contributed by atoms with van der Waals surface area (Å²) in [6.07, 6.45) is 6.13. The second-order valence-electron chi connectivity index (χ2n) is 8.64. The van der Waals surface area contributed by atoms with Gasteiger partial charge in [0.25, 0.3) is 0 Å². The number of likely N-dealkylation sites (tertiary alicyclic amines) is 1. The van der Waals surface area contributed by atoms with Crippen LogP contribution < -0.4 is 10.6 Å². The van der Waals surface area contributed by atoms with E-state index >= 15 is 0 Å². The zero-order valence-corrected chi connectivity index (χ0v) is 17.7. The first kappa shape index (κ1) is 21.5. The number of hydrogen-bond acceptors (Lipinski definition) is 4. The molecule has 0 unspecified atom stereocenters. The highest BCUT2D eigenvalue weighted by atomic mass is 16.5. The van der Waals surface area contributed by atoms with Gasteiger partial charge in [-0.1, -0.05) is 6.42 Å². The van der Waals surface area contributed by atoms with Crippen LogP contribution in [0.25, 0.3) is 0 Å². The lowest BCUT2D eigenvalue weighted by atomic mass is 9.88. The Kier molecular flexibility index (Phi) is 8.17. The fraction of sp³-hybridized carbons (Fsp3) is 0.950. The summed E-state index contributed by atoms with van der Waals surface area (Å²) in [6, 6.07) is 0. The molecule has 0 aromatic heterocycles. The van der Waals surface area contributed by atoms with Crippen LogP contribution in [0, 0.1) is 0 Å². The summed E-state index contributed by atoms with van der Waals surface area (Å²) in [6.45, 7) is 13.5. The van der Waals surface area contributed by atoms with Crippen LogP contribution in [0.3, 0.4) is 0 Å². The van der Waals surface area contributed by atoms with Gasteiger partial charge in [0.05, 0.1) is 6.54 Å². The number of rotatable bonds is 7. The Hall–Kier alpha value is -0.850. The van der Waals surface area contributed by atoms with Crippen LogP contribution in [-0.4, -0.2) is 86.9 Å². The Morgan fingerprint density at radius 1 is 1.12 bits per heavy atom. The van der Waals surface area contributed by atoms with Crippen LogP contribution in [0.5, 0.6) is 0 Å². The molecule has 6 heteroatoms. The van der Waals surface area contributed by atoms with Gasteiger partial charge in [0.2, 0.25) is 0 Å². The Bertz CT molecular complexity index is 437. The predicted molar refractivity (Wildman–Crippen MR) is 110 cm³/mol. The van der Waals surface area contributed by atoms with Crippen molar-refractivity contribution in [2.24, 2.45) is 4.99 Å². The average Bonchev–Trinajstić information content (AvgIpc) is 2.65. The van der Waals surface area contributed by atoms with Crippen LogP contribution in [0.4, 0.5) is 0 Å². The largest absolute Gasteiger partial charge is 0.381 e. The van der Waals surface area contributed by atoms with E-state index in [1.54, 1.807) is 0 Å². The molecular weight excluding hydrogens is 326 g/mol. The SMILES string of the molecule is CCNC(=NCC(C)(C)N1CCCCC1)NCC1(N(C)C)CCOCC1. The molecule has 2 rings (SSSR count). The van der Waals surface area contributed by atoms with E-state index in [0.717, 1.165) is 51.6 Å². The van der Waals surface area contributed by atoms with Gasteiger partial charge in [0.15, 0.2) is 5.96 Å². The van der Waals surface area contributed by atoms with Crippen LogP contribution in [0.2, 0.25) is 0 Å². The highest BCUT2D eigenvalue weighted by Gasteiger charge is 2.35. The fourth-order valence-electron chi connectivity index (χ4n) is 4.00. The Morgan fingerprint density at radius 2 is 1.77 bits per heavy atom. The van der Waals surface area contributed by atoms with E-state index in [4.69, 9.17) is 9.73 Å². The lowest BCUT2D eigenvalue weighted by molar-refractivity contribution is -0.00502. The van der Waals surface area contributed by atoms with Crippen LogP contribution in [-0.2, 0) is 4.74 Å². The molecule has 152 valence electrons. The quantitative estimate of drug-likeness (QED) is 0.532. The molecule has 0 aliphatic carbocycles. The first-order chi connectivity index (χ1) is 12.4. The summed E-state index contributed by atoms with van der Waals surface area (Å²) >= 11 is 0. The van der Waals surface area contributed by atoms with Crippen molar-refractivity contribution in [1.82, 2.24) is 20.4 Å². The van der Waals surface area contributed by atoms with Gasteiger partial charge >= 0.3 is 0 Å². The minimum atomic E-state index is 0.112. The van der Waals surface area contributed by atoms with E-state index in [0.29, 0.717) is 0 Å². The van der Waals surface area contributed by atoms with E-state index < -0.39 is 0 Å². The molecule has 2 aliphatic rings. The molecule has 26 heavy (non-hydrogen) atoms. The normalized spacial score (nSPS) is 22.5. The van der Waals surface area contributed by atoms with Crippen molar-refractivity contribution in [3.05, 3.63) is 0 Å². The van der Waals surface area contributed by atoms with Crippen molar-refractivity contribution >= 4 is 5.96 Å². The predicted octanol–water partition coefficient (Wildman–Crippen LogP) is 1.92. The molecule has 0 aromatic rings. The Balaban J connectivity index is 1.96. The lowest BCUT2D eigenvalue weighted by Crippen LogP contribution is -2.57. The van der Waals surface area contributed by atoms with Crippen molar-refractivity contribution < 1.29 is 4.74 Å². The molecule has 2 aliphatic heterocycles. The molecule has 2 fully saturated rings. The summed E-state index contributed by atoms with van der Waals surface area (Å²) in [5.41, 5.74) is 0.261. The van der Waals surface area contributed by atoms with E-state index in [-0.39, 0.29) is 11.1 Å². The highest BCUT2D eigenvalue weighted by Crippen LogP contribution is 2.25. The number of nitrogens with zero attached hydrogens (tertiary/aromatic N) is 3. The van der Waals surface area contributed by atoms with Gasteiger partial charge < -0.3 is 20.3 Å². The Morgan fingerprint density at radius 3 is 2.35 bits per heavy atom. The molecule has 0 bridgehead atoms. The number of aliphatic imine (C=N–C) groups is 1. The first-order valence-electron chi connectivity index (χ1n) is 10.4. The van der Waals surface area contributed by atoms with Crippen molar-refractivity contribution in [3.63, 3.8) is 0 Å². The van der Waals surface area contributed by atoms with Crippen LogP contribution >= 0.6 is 0 Å². The second kappa shape index (κ2) is 9.90. The topological polar surface area (TPSA) is 52.1 Å². The molecular formula is C20H41N5O. The molecule has 2 heterocycles. The third-order valence-corrected chi connectivity index (χ3v) is 6.14. The van der Waals surface area contributed by atoms with E-state index in [9.17, 15) is 0 Å². The van der Waals surface area contributed by atoms with Gasteiger partial charge in [-0.15, -0.1) is 0 Å². The maximum absolute atomic E-state index is 5.58. The zero-order chi connectivity index (χ0) is 19.0. The summed E-state index contributed by atoms with van der Waals surface area (Å²) in [5, 5.41) is 7.04. The van der Waals surface area contributed by atoms with E-state index in [1.165, 1.54) is 32.4 Å². The van der Waals surface area contributed by atoms with Crippen LogP contribution in [0.15, 0.2) is 4.99 Å². The van der Waals surface area contributed by atoms with Crippen LogP contribution in [0.1, 0.15) is 52.9 Å². The number of hydrogen-bond donors (Lipinski definition) is 2. The number of piperidine rings is 1. The van der Waals surface area contributed by atoms with Gasteiger partial charge in [-0.2, -0.15) is 0 Å². The van der Waals surface area contributed by atoms with Crippen molar-refractivity contribution in [2.45, 2.75) is 64.0 Å². The maximum Gasteiger partial charge on any atom is 0.191 e. The number of guanidine groups is 1. The summed E-state index contributed by atoms with van der Waals surface area (Å²) in [4.78, 5) is 9.89. The number of ether oxygens (including phenoxy) is 1.